The number of fused-ring (bicyclic) bond motifs is 1. The molecule has 4 aromatic heterocycles. The summed E-state index contributed by atoms with van der Waals surface area (Å²) in [5.74, 6) is 1.38. The number of carbonyl (C=O) groups excluding carboxylic acids is 1. The molecule has 4 rings (SSSR count). The number of nitrogens with one attached hydrogen (secondary N) is 2. The van der Waals surface area contributed by atoms with Crippen molar-refractivity contribution < 1.29 is 13.9 Å². The highest BCUT2D eigenvalue weighted by Crippen LogP contribution is 2.31. The summed E-state index contributed by atoms with van der Waals surface area (Å²) in [6.07, 6.45) is 8.11. The number of ether oxygens (including phenoxy) is 1. The summed E-state index contributed by atoms with van der Waals surface area (Å²) in [6.45, 7) is 8.41. The summed E-state index contributed by atoms with van der Waals surface area (Å²) >= 11 is 0. The van der Waals surface area contributed by atoms with Crippen LogP contribution >= 0.6 is 0 Å². The average molecular weight is 472 g/mol. The first-order chi connectivity index (χ1) is 17.0. The molecule has 0 aliphatic rings. The molecule has 2 N–H and O–H groups in total. The van der Waals surface area contributed by atoms with Gasteiger partial charge in [-0.15, -0.1) is 6.58 Å². The molecule has 1 atom stereocenters. The third-order valence-corrected chi connectivity index (χ3v) is 5.31. The predicted molar refractivity (Wildman–Crippen MR) is 130 cm³/mol. The smallest absolute Gasteiger partial charge is 0.232 e. The van der Waals surface area contributed by atoms with Crippen molar-refractivity contribution in [2.45, 2.75) is 20.5 Å². The Bertz CT molecular complexity index is 1380. The minimum atomic E-state index is -0.231. The summed E-state index contributed by atoms with van der Waals surface area (Å²) in [5, 5.41) is 19.9. The maximum absolute atomic E-state index is 11.8. The quantitative estimate of drug-likeness (QED) is 0.265. The molecule has 0 aliphatic carbocycles. The SMILES string of the molecule is C=CC(C)C(=O)NCCNc1ccc(-c2cc(OCc3nc(C)co3)cn3ncc(C#N)c23)cn1. The van der Waals surface area contributed by atoms with Crippen molar-refractivity contribution in [3.05, 3.63) is 72.9 Å². The topological polar surface area (TPSA) is 130 Å². The molecule has 4 heterocycles. The van der Waals surface area contributed by atoms with Crippen LogP contribution in [0.3, 0.4) is 0 Å². The first-order valence-electron chi connectivity index (χ1n) is 11.0. The van der Waals surface area contributed by atoms with Crippen LogP contribution in [0.25, 0.3) is 16.6 Å². The van der Waals surface area contributed by atoms with Crippen LogP contribution in [0.1, 0.15) is 24.1 Å². The van der Waals surface area contributed by atoms with E-state index in [0.29, 0.717) is 41.6 Å². The van der Waals surface area contributed by atoms with Gasteiger partial charge in [0.25, 0.3) is 0 Å². The van der Waals surface area contributed by atoms with E-state index in [0.717, 1.165) is 16.8 Å². The number of carbonyl (C=O) groups is 1. The molecule has 10 heteroatoms. The zero-order chi connectivity index (χ0) is 24.8. The fraction of sp³-hybridized carbons (Fsp3) is 0.240. The molecule has 0 saturated heterocycles. The molecule has 0 fully saturated rings. The van der Waals surface area contributed by atoms with Gasteiger partial charge in [0.05, 0.1) is 35.1 Å². The zero-order valence-electron chi connectivity index (χ0n) is 19.5. The second kappa shape index (κ2) is 10.5. The van der Waals surface area contributed by atoms with E-state index in [1.165, 1.54) is 6.20 Å². The van der Waals surface area contributed by atoms with Crippen molar-refractivity contribution in [2.75, 3.05) is 18.4 Å². The molecule has 1 unspecified atom stereocenters. The molecular formula is C25H25N7O3. The first kappa shape index (κ1) is 23.5. The molecule has 4 aromatic rings. The summed E-state index contributed by atoms with van der Waals surface area (Å²) in [6, 6.07) is 7.77. The maximum Gasteiger partial charge on any atom is 0.232 e. The second-order valence-corrected chi connectivity index (χ2v) is 7.90. The van der Waals surface area contributed by atoms with Crippen LogP contribution in [0.2, 0.25) is 0 Å². The number of pyridine rings is 2. The van der Waals surface area contributed by atoms with Crippen LogP contribution in [0.15, 0.2) is 60.1 Å². The molecule has 35 heavy (non-hydrogen) atoms. The molecule has 178 valence electrons. The van der Waals surface area contributed by atoms with E-state index in [1.807, 2.05) is 25.1 Å². The first-order valence-corrected chi connectivity index (χ1v) is 11.0. The minimum absolute atomic E-state index is 0.0664. The number of oxazole rings is 1. The van der Waals surface area contributed by atoms with Crippen molar-refractivity contribution >= 4 is 17.2 Å². The van der Waals surface area contributed by atoms with Crippen LogP contribution in [0.4, 0.5) is 5.82 Å². The van der Waals surface area contributed by atoms with Gasteiger partial charge in [0.15, 0.2) is 6.61 Å². The largest absolute Gasteiger partial charge is 0.482 e. The zero-order valence-corrected chi connectivity index (χ0v) is 19.5. The lowest BCUT2D eigenvalue weighted by Crippen LogP contribution is -2.32. The Kier molecular flexibility index (Phi) is 7.07. The second-order valence-electron chi connectivity index (χ2n) is 7.90. The molecule has 0 radical (unpaired) electrons. The average Bonchev–Trinajstić information content (AvgIpc) is 3.50. The maximum atomic E-state index is 11.8. The van der Waals surface area contributed by atoms with Gasteiger partial charge >= 0.3 is 0 Å². The highest BCUT2D eigenvalue weighted by Gasteiger charge is 2.15. The monoisotopic (exact) mass is 471 g/mol. The lowest BCUT2D eigenvalue weighted by molar-refractivity contribution is -0.123. The van der Waals surface area contributed by atoms with Gasteiger partial charge in [0.2, 0.25) is 11.8 Å². The van der Waals surface area contributed by atoms with Crippen molar-refractivity contribution in [3.8, 4) is 22.9 Å². The Morgan fingerprint density at radius 1 is 1.37 bits per heavy atom. The van der Waals surface area contributed by atoms with Gasteiger partial charge in [0.1, 0.15) is 23.9 Å². The van der Waals surface area contributed by atoms with Crippen molar-refractivity contribution in [2.24, 2.45) is 5.92 Å². The van der Waals surface area contributed by atoms with E-state index in [9.17, 15) is 10.1 Å². The Morgan fingerprint density at radius 3 is 2.91 bits per heavy atom. The molecule has 0 aliphatic heterocycles. The fourth-order valence-corrected chi connectivity index (χ4v) is 3.39. The van der Waals surface area contributed by atoms with Crippen molar-refractivity contribution in [1.82, 2.24) is 24.9 Å². The van der Waals surface area contributed by atoms with E-state index < -0.39 is 0 Å². The highest BCUT2D eigenvalue weighted by molar-refractivity contribution is 5.85. The summed E-state index contributed by atoms with van der Waals surface area (Å²) < 4.78 is 12.8. The fourth-order valence-electron chi connectivity index (χ4n) is 3.39. The Hall–Kier alpha value is -4.65. The number of nitrogens with zero attached hydrogens (tertiary/aromatic N) is 5. The Labute approximate surface area is 202 Å². The summed E-state index contributed by atoms with van der Waals surface area (Å²) in [5.41, 5.74) is 3.43. The van der Waals surface area contributed by atoms with Crippen molar-refractivity contribution in [3.63, 3.8) is 0 Å². The standard InChI is InChI=1S/C25H25N7O3/c1-4-16(2)25(33)28-8-7-27-22-6-5-18(11-29-22)21-9-20(34-15-23-31-17(3)14-35-23)13-32-24(21)19(10-26)12-30-32/h4-6,9,11-14,16H,1,7-8,15H2,2-3H3,(H,27,29)(H,28,33). The highest BCUT2D eigenvalue weighted by atomic mass is 16.5. The Balaban J connectivity index is 1.50. The molecule has 0 saturated carbocycles. The molecule has 0 aromatic carbocycles. The van der Waals surface area contributed by atoms with Gasteiger partial charge in [-0.2, -0.15) is 10.4 Å². The van der Waals surface area contributed by atoms with Crippen LogP contribution in [0, 0.1) is 24.2 Å². The van der Waals surface area contributed by atoms with Gasteiger partial charge in [-0.05, 0) is 25.1 Å². The molecule has 1 amide bonds. The molecule has 0 bridgehead atoms. The minimum Gasteiger partial charge on any atom is -0.482 e. The Morgan fingerprint density at radius 2 is 2.23 bits per heavy atom. The normalized spacial score (nSPS) is 11.6. The number of rotatable bonds is 10. The van der Waals surface area contributed by atoms with Crippen LogP contribution in [0.5, 0.6) is 5.75 Å². The lowest BCUT2D eigenvalue weighted by atomic mass is 10.1. The predicted octanol–water partition coefficient (Wildman–Crippen LogP) is 3.49. The van der Waals surface area contributed by atoms with Crippen LogP contribution in [-0.4, -0.2) is 38.6 Å². The van der Waals surface area contributed by atoms with Gasteiger partial charge in [0, 0.05) is 30.4 Å². The van der Waals surface area contributed by atoms with E-state index in [4.69, 9.17) is 9.15 Å². The van der Waals surface area contributed by atoms with E-state index in [2.05, 4.69) is 38.3 Å². The van der Waals surface area contributed by atoms with Crippen molar-refractivity contribution in [1.29, 1.82) is 5.26 Å². The summed E-state index contributed by atoms with van der Waals surface area (Å²) in [7, 11) is 0. The van der Waals surface area contributed by atoms with Gasteiger partial charge in [-0.3, -0.25) is 4.79 Å². The molecule has 0 spiro atoms. The van der Waals surface area contributed by atoms with Crippen LogP contribution in [-0.2, 0) is 11.4 Å². The van der Waals surface area contributed by atoms with Gasteiger partial charge in [-0.25, -0.2) is 14.5 Å². The number of hydrogen-bond donors (Lipinski definition) is 2. The third kappa shape index (κ3) is 5.47. The van der Waals surface area contributed by atoms with Crippen LogP contribution < -0.4 is 15.4 Å². The summed E-state index contributed by atoms with van der Waals surface area (Å²) in [4.78, 5) is 20.5. The number of aromatic nitrogens is 4. The number of anilines is 1. The lowest BCUT2D eigenvalue weighted by Gasteiger charge is -2.11. The van der Waals surface area contributed by atoms with Gasteiger partial charge in [-0.1, -0.05) is 13.0 Å². The molecular weight excluding hydrogens is 446 g/mol. The number of hydrogen-bond acceptors (Lipinski definition) is 8. The van der Waals surface area contributed by atoms with E-state index in [1.54, 1.807) is 36.2 Å². The number of aryl methyl sites for hydroxylation is 1. The molecule has 10 nitrogen and oxygen atoms in total. The third-order valence-electron chi connectivity index (χ3n) is 5.31. The van der Waals surface area contributed by atoms with Gasteiger partial charge < -0.3 is 19.8 Å². The van der Waals surface area contributed by atoms with E-state index in [-0.39, 0.29) is 18.4 Å². The van der Waals surface area contributed by atoms with E-state index >= 15 is 0 Å². The number of amides is 1. The number of nitriles is 1.